The molecule has 2 rings (SSSR count). The Balaban J connectivity index is 1.76. The maximum Gasteiger partial charge on any atom is 0.261 e. The Morgan fingerprint density at radius 2 is 1.92 bits per heavy atom. The van der Waals surface area contributed by atoms with Crippen molar-refractivity contribution in [1.82, 2.24) is 5.32 Å². The Morgan fingerprint density at radius 3 is 2.58 bits per heavy atom. The molecule has 2 aromatic rings. The third-order valence-electron chi connectivity index (χ3n) is 3.41. The number of benzene rings is 2. The molecule has 1 atom stereocenters. The Bertz CT molecular complexity index is 658. The zero-order valence-electron chi connectivity index (χ0n) is 13.9. The predicted octanol–water partition coefficient (Wildman–Crippen LogP) is 4.00. The number of hydrogen-bond donors (Lipinski definition) is 1. The fraction of sp³-hybridized carbons (Fsp3) is 0.316. The third-order valence-corrected chi connectivity index (χ3v) is 3.67. The molecule has 1 amide bonds. The van der Waals surface area contributed by atoms with Crippen LogP contribution >= 0.6 is 11.6 Å². The van der Waals surface area contributed by atoms with Gasteiger partial charge in [-0.15, -0.1) is 0 Å². The molecule has 0 heterocycles. The summed E-state index contributed by atoms with van der Waals surface area (Å²) in [6, 6.07) is 14.8. The van der Waals surface area contributed by atoms with Gasteiger partial charge in [-0.1, -0.05) is 30.7 Å². The molecule has 0 fully saturated rings. The first-order valence-corrected chi connectivity index (χ1v) is 8.35. The predicted molar refractivity (Wildman–Crippen MR) is 95.8 cm³/mol. The maximum absolute atomic E-state index is 12.2. The fourth-order valence-electron chi connectivity index (χ4n) is 2.16. The van der Waals surface area contributed by atoms with Crippen molar-refractivity contribution >= 4 is 17.5 Å². The van der Waals surface area contributed by atoms with Crippen LogP contribution in [0.5, 0.6) is 11.5 Å². The van der Waals surface area contributed by atoms with Crippen LogP contribution in [-0.4, -0.2) is 25.2 Å². The lowest BCUT2D eigenvalue weighted by molar-refractivity contribution is -0.128. The molecule has 0 saturated carbocycles. The summed E-state index contributed by atoms with van der Waals surface area (Å²) in [5, 5.41) is 3.47. The Labute approximate surface area is 147 Å². The number of rotatable bonds is 8. The van der Waals surface area contributed by atoms with Gasteiger partial charge in [-0.25, -0.2) is 0 Å². The van der Waals surface area contributed by atoms with Crippen LogP contribution in [0.3, 0.4) is 0 Å². The quantitative estimate of drug-likeness (QED) is 0.734. The normalized spacial score (nSPS) is 11.6. The van der Waals surface area contributed by atoms with E-state index in [9.17, 15) is 4.79 Å². The van der Waals surface area contributed by atoms with Crippen molar-refractivity contribution in [2.24, 2.45) is 0 Å². The molecule has 0 saturated heterocycles. The number of carbonyl (C=O) groups is 1. The van der Waals surface area contributed by atoms with Gasteiger partial charge in [-0.3, -0.25) is 4.79 Å². The van der Waals surface area contributed by atoms with E-state index in [-0.39, 0.29) is 5.91 Å². The molecule has 4 nitrogen and oxygen atoms in total. The van der Waals surface area contributed by atoms with Gasteiger partial charge < -0.3 is 14.8 Å². The van der Waals surface area contributed by atoms with E-state index in [4.69, 9.17) is 21.1 Å². The van der Waals surface area contributed by atoms with E-state index in [1.165, 1.54) is 0 Å². The molecule has 128 valence electrons. The van der Waals surface area contributed by atoms with Crippen LogP contribution in [0.4, 0.5) is 0 Å². The highest BCUT2D eigenvalue weighted by Crippen LogP contribution is 2.17. The zero-order valence-corrected chi connectivity index (χ0v) is 14.7. The van der Waals surface area contributed by atoms with Crippen molar-refractivity contribution in [3.8, 4) is 11.5 Å². The molecule has 0 aliphatic carbocycles. The van der Waals surface area contributed by atoms with E-state index in [2.05, 4.69) is 5.32 Å². The van der Waals surface area contributed by atoms with Crippen LogP contribution in [0, 0.1) is 6.92 Å². The number of nitrogens with one attached hydrogen (secondary N) is 1. The van der Waals surface area contributed by atoms with E-state index in [1.54, 1.807) is 24.3 Å². The summed E-state index contributed by atoms with van der Waals surface area (Å²) >= 11 is 5.84. The summed E-state index contributed by atoms with van der Waals surface area (Å²) < 4.78 is 11.3. The highest BCUT2D eigenvalue weighted by molar-refractivity contribution is 6.30. The molecule has 24 heavy (non-hydrogen) atoms. The van der Waals surface area contributed by atoms with Gasteiger partial charge in [0.1, 0.15) is 18.1 Å². The van der Waals surface area contributed by atoms with Crippen LogP contribution in [0.15, 0.2) is 48.5 Å². The minimum atomic E-state index is -0.537. The molecule has 0 aliphatic rings. The second kappa shape index (κ2) is 9.18. The van der Waals surface area contributed by atoms with E-state index < -0.39 is 6.10 Å². The standard InChI is InChI=1S/C19H22ClNO3/c1-3-18(24-16-9-7-15(20)8-10-16)19(22)21-11-12-23-17-6-4-5-14(2)13-17/h4-10,13,18H,3,11-12H2,1-2H3,(H,21,22)/t18-/m0/s1. The lowest BCUT2D eigenvalue weighted by Crippen LogP contribution is -2.39. The number of amides is 1. The second-order valence-electron chi connectivity index (χ2n) is 5.42. The van der Waals surface area contributed by atoms with Gasteiger partial charge in [-0.2, -0.15) is 0 Å². The summed E-state index contributed by atoms with van der Waals surface area (Å²) in [6.07, 6.45) is 0.0397. The third kappa shape index (κ3) is 5.78. The molecular weight excluding hydrogens is 326 g/mol. The lowest BCUT2D eigenvalue weighted by atomic mass is 10.2. The van der Waals surface area contributed by atoms with E-state index in [0.717, 1.165) is 11.3 Å². The van der Waals surface area contributed by atoms with Crippen molar-refractivity contribution in [2.75, 3.05) is 13.2 Å². The highest BCUT2D eigenvalue weighted by atomic mass is 35.5. The van der Waals surface area contributed by atoms with Crippen molar-refractivity contribution in [3.05, 3.63) is 59.1 Å². The fourth-order valence-corrected chi connectivity index (χ4v) is 2.29. The first-order chi connectivity index (χ1) is 11.6. The summed E-state index contributed by atoms with van der Waals surface area (Å²) in [5.74, 6) is 1.27. The van der Waals surface area contributed by atoms with Gasteiger partial charge >= 0.3 is 0 Å². The lowest BCUT2D eigenvalue weighted by Gasteiger charge is -2.17. The van der Waals surface area contributed by atoms with Crippen LogP contribution < -0.4 is 14.8 Å². The van der Waals surface area contributed by atoms with E-state index in [1.807, 2.05) is 38.1 Å². The molecule has 0 unspecified atom stereocenters. The number of aryl methyl sites for hydroxylation is 1. The molecule has 5 heteroatoms. The van der Waals surface area contributed by atoms with Gasteiger partial charge in [0.25, 0.3) is 5.91 Å². The van der Waals surface area contributed by atoms with Crippen molar-refractivity contribution in [2.45, 2.75) is 26.4 Å². The smallest absolute Gasteiger partial charge is 0.261 e. The van der Waals surface area contributed by atoms with E-state index >= 15 is 0 Å². The first-order valence-electron chi connectivity index (χ1n) is 7.98. The van der Waals surface area contributed by atoms with E-state index in [0.29, 0.717) is 30.3 Å². The summed E-state index contributed by atoms with van der Waals surface area (Å²) in [7, 11) is 0. The van der Waals surface area contributed by atoms with Gasteiger partial charge in [0.15, 0.2) is 6.10 Å². The van der Waals surface area contributed by atoms with Crippen LogP contribution in [0.2, 0.25) is 5.02 Å². The molecule has 0 bridgehead atoms. The van der Waals surface area contributed by atoms with Gasteiger partial charge in [0, 0.05) is 5.02 Å². The minimum absolute atomic E-state index is 0.153. The average Bonchev–Trinajstić information content (AvgIpc) is 2.58. The van der Waals surface area contributed by atoms with Crippen molar-refractivity contribution < 1.29 is 14.3 Å². The number of carbonyl (C=O) groups excluding carboxylic acids is 1. The second-order valence-corrected chi connectivity index (χ2v) is 5.86. The number of halogens is 1. The number of ether oxygens (including phenoxy) is 2. The SMILES string of the molecule is CC[C@H](Oc1ccc(Cl)cc1)C(=O)NCCOc1cccc(C)c1. The van der Waals surface area contributed by atoms with Crippen LogP contribution in [0.1, 0.15) is 18.9 Å². The Hall–Kier alpha value is -2.20. The first kappa shape index (κ1) is 18.1. The van der Waals surface area contributed by atoms with Crippen LogP contribution in [-0.2, 0) is 4.79 Å². The maximum atomic E-state index is 12.2. The molecule has 0 aliphatic heterocycles. The molecular formula is C19H22ClNO3. The summed E-state index contributed by atoms with van der Waals surface area (Å²) in [4.78, 5) is 12.2. The average molecular weight is 348 g/mol. The minimum Gasteiger partial charge on any atom is -0.492 e. The van der Waals surface area contributed by atoms with Gasteiger partial charge in [0.2, 0.25) is 0 Å². The van der Waals surface area contributed by atoms with Gasteiger partial charge in [0.05, 0.1) is 6.54 Å². The van der Waals surface area contributed by atoms with Gasteiger partial charge in [-0.05, 0) is 55.3 Å². The van der Waals surface area contributed by atoms with Crippen molar-refractivity contribution in [1.29, 1.82) is 0 Å². The molecule has 0 spiro atoms. The highest BCUT2D eigenvalue weighted by Gasteiger charge is 2.17. The summed E-state index contributed by atoms with van der Waals surface area (Å²) in [6.45, 7) is 4.75. The molecule has 0 radical (unpaired) electrons. The monoisotopic (exact) mass is 347 g/mol. The molecule has 0 aromatic heterocycles. The Morgan fingerprint density at radius 1 is 1.17 bits per heavy atom. The molecule has 2 aromatic carbocycles. The number of hydrogen-bond acceptors (Lipinski definition) is 3. The van der Waals surface area contributed by atoms with Crippen molar-refractivity contribution in [3.63, 3.8) is 0 Å². The largest absolute Gasteiger partial charge is 0.492 e. The summed E-state index contributed by atoms with van der Waals surface area (Å²) in [5.41, 5.74) is 1.14. The Kier molecular flexibility index (Phi) is 6.94. The van der Waals surface area contributed by atoms with Crippen LogP contribution in [0.25, 0.3) is 0 Å². The molecule has 1 N–H and O–H groups in total. The zero-order chi connectivity index (χ0) is 17.4. The topological polar surface area (TPSA) is 47.6 Å².